The maximum Gasteiger partial charge on any atom is 0.238 e. The highest BCUT2D eigenvalue weighted by molar-refractivity contribution is 7.99. The molecule has 2 heterocycles. The van der Waals surface area contributed by atoms with E-state index >= 15 is 0 Å². The molecule has 2 aromatic carbocycles. The van der Waals surface area contributed by atoms with Crippen molar-refractivity contribution >= 4 is 23.4 Å². The Kier molecular flexibility index (Phi) is 6.23. The molecule has 0 saturated carbocycles. The van der Waals surface area contributed by atoms with E-state index in [1.807, 2.05) is 36.4 Å². The highest BCUT2D eigenvalue weighted by Gasteiger charge is 2.29. The van der Waals surface area contributed by atoms with E-state index in [0.29, 0.717) is 25.5 Å². The van der Waals surface area contributed by atoms with Crippen molar-refractivity contribution in [3.05, 3.63) is 48.0 Å². The average Bonchev–Trinajstić information content (AvgIpc) is 3.20. The second-order valence-corrected chi connectivity index (χ2v) is 8.04. The number of amides is 1. The third-order valence-corrected chi connectivity index (χ3v) is 6.06. The van der Waals surface area contributed by atoms with E-state index in [2.05, 4.69) is 22.4 Å². The van der Waals surface area contributed by atoms with Gasteiger partial charge in [0.25, 0.3) is 0 Å². The minimum absolute atomic E-state index is 0.0422. The summed E-state index contributed by atoms with van der Waals surface area (Å²) >= 11 is 1.43. The molecule has 1 fully saturated rings. The molecule has 29 heavy (non-hydrogen) atoms. The van der Waals surface area contributed by atoms with Gasteiger partial charge in [-0.15, -0.1) is 11.8 Å². The van der Waals surface area contributed by atoms with Gasteiger partial charge < -0.3 is 14.8 Å². The summed E-state index contributed by atoms with van der Waals surface area (Å²) in [6.45, 7) is 2.36. The van der Waals surface area contributed by atoms with Crippen molar-refractivity contribution < 1.29 is 14.3 Å². The number of carbonyl (C=O) groups excluding carboxylic acids is 1. The lowest BCUT2D eigenvalue weighted by Gasteiger charge is -2.26. The monoisotopic (exact) mass is 409 g/mol. The number of nitrogens with one attached hydrogen (secondary N) is 1. The lowest BCUT2D eigenvalue weighted by atomic mass is 10.0. The fourth-order valence-electron chi connectivity index (χ4n) is 3.84. The van der Waals surface area contributed by atoms with Crippen LogP contribution in [-0.4, -0.2) is 42.9 Å². The van der Waals surface area contributed by atoms with Crippen molar-refractivity contribution in [2.24, 2.45) is 0 Å². The smallest absolute Gasteiger partial charge is 0.238 e. The summed E-state index contributed by atoms with van der Waals surface area (Å²) in [5, 5.41) is 11.8. The van der Waals surface area contributed by atoms with Crippen LogP contribution in [0.15, 0.2) is 47.4 Å². The Morgan fingerprint density at radius 2 is 2.03 bits per heavy atom. The zero-order valence-electron chi connectivity index (χ0n) is 16.1. The molecule has 1 saturated heterocycles. The molecule has 6 nitrogen and oxygen atoms in total. The van der Waals surface area contributed by atoms with Crippen molar-refractivity contribution in [1.82, 2.24) is 4.90 Å². The van der Waals surface area contributed by atoms with Gasteiger partial charge >= 0.3 is 0 Å². The van der Waals surface area contributed by atoms with Gasteiger partial charge in [-0.2, -0.15) is 5.26 Å². The molecule has 0 radical (unpaired) electrons. The molecule has 2 aliphatic heterocycles. The number of ether oxygens (including phenoxy) is 2. The first-order valence-corrected chi connectivity index (χ1v) is 10.8. The van der Waals surface area contributed by atoms with Gasteiger partial charge in [0.1, 0.15) is 13.2 Å². The summed E-state index contributed by atoms with van der Waals surface area (Å²) in [5.41, 5.74) is 1.91. The van der Waals surface area contributed by atoms with Crippen molar-refractivity contribution in [2.45, 2.75) is 23.8 Å². The quantitative estimate of drug-likeness (QED) is 0.731. The van der Waals surface area contributed by atoms with Gasteiger partial charge in [0.05, 0.1) is 24.1 Å². The number of para-hydroxylation sites is 1. The van der Waals surface area contributed by atoms with E-state index in [9.17, 15) is 4.79 Å². The van der Waals surface area contributed by atoms with Crippen LogP contribution in [0, 0.1) is 11.3 Å². The molecule has 1 N–H and O–H groups in total. The largest absolute Gasteiger partial charge is 0.486 e. The molecule has 4 rings (SSSR count). The second kappa shape index (κ2) is 9.21. The number of hydrogen-bond acceptors (Lipinski definition) is 6. The van der Waals surface area contributed by atoms with Crippen LogP contribution in [0.3, 0.4) is 0 Å². The molecule has 0 unspecified atom stereocenters. The molecule has 0 aromatic heterocycles. The minimum atomic E-state index is -0.0422. The molecule has 7 heteroatoms. The van der Waals surface area contributed by atoms with Crippen LogP contribution in [0.1, 0.15) is 24.4 Å². The molecule has 2 aliphatic rings. The number of likely N-dealkylation sites (tertiary alicyclic amines) is 1. The first-order chi connectivity index (χ1) is 14.2. The molecular formula is C22H23N3O3S. The van der Waals surface area contributed by atoms with Crippen molar-refractivity contribution in [2.75, 3.05) is 37.4 Å². The van der Waals surface area contributed by atoms with E-state index in [1.165, 1.54) is 11.8 Å². The Balaban J connectivity index is 1.43. The highest BCUT2D eigenvalue weighted by Crippen LogP contribution is 2.38. The van der Waals surface area contributed by atoms with E-state index in [-0.39, 0.29) is 11.9 Å². The van der Waals surface area contributed by atoms with Crippen LogP contribution >= 0.6 is 11.8 Å². The van der Waals surface area contributed by atoms with Gasteiger partial charge in [0, 0.05) is 10.9 Å². The predicted octanol–water partition coefficient (Wildman–Crippen LogP) is 3.85. The van der Waals surface area contributed by atoms with Gasteiger partial charge in [-0.3, -0.25) is 9.69 Å². The van der Waals surface area contributed by atoms with Crippen LogP contribution in [0.25, 0.3) is 0 Å². The fourth-order valence-corrected chi connectivity index (χ4v) is 4.51. The number of nitriles is 1. The van der Waals surface area contributed by atoms with Crippen LogP contribution in [-0.2, 0) is 4.79 Å². The first-order valence-electron chi connectivity index (χ1n) is 9.77. The summed E-state index contributed by atoms with van der Waals surface area (Å²) in [6.07, 6.45) is 2.07. The summed E-state index contributed by atoms with van der Waals surface area (Å²) < 4.78 is 11.3. The molecule has 2 aromatic rings. The van der Waals surface area contributed by atoms with E-state index in [1.54, 1.807) is 0 Å². The number of carbonyl (C=O) groups is 1. The summed E-state index contributed by atoms with van der Waals surface area (Å²) in [4.78, 5) is 15.9. The highest BCUT2D eigenvalue weighted by atomic mass is 32.2. The number of thioether (sulfide) groups is 1. The number of nitrogens with zero attached hydrogens (tertiary/aromatic N) is 2. The number of hydrogen-bond donors (Lipinski definition) is 1. The number of rotatable bonds is 6. The zero-order chi connectivity index (χ0) is 20.1. The van der Waals surface area contributed by atoms with Gasteiger partial charge in [0.2, 0.25) is 5.91 Å². The average molecular weight is 410 g/mol. The van der Waals surface area contributed by atoms with Crippen LogP contribution < -0.4 is 14.8 Å². The van der Waals surface area contributed by atoms with E-state index < -0.39 is 0 Å². The molecule has 1 atom stereocenters. The summed E-state index contributed by atoms with van der Waals surface area (Å²) in [7, 11) is 0. The first kappa shape index (κ1) is 19.6. The lowest BCUT2D eigenvalue weighted by Crippen LogP contribution is -2.33. The molecular weight excluding hydrogens is 386 g/mol. The van der Waals surface area contributed by atoms with Gasteiger partial charge in [-0.1, -0.05) is 18.2 Å². The molecule has 1 amide bonds. The maximum absolute atomic E-state index is 12.7. The third-order valence-electron chi connectivity index (χ3n) is 5.11. The Morgan fingerprint density at radius 1 is 1.21 bits per heavy atom. The lowest BCUT2D eigenvalue weighted by molar-refractivity contribution is -0.117. The fraction of sp³-hybridized carbons (Fsp3) is 0.364. The van der Waals surface area contributed by atoms with Gasteiger partial charge in [-0.25, -0.2) is 0 Å². The summed E-state index contributed by atoms with van der Waals surface area (Å²) in [5.74, 6) is 1.88. The van der Waals surface area contributed by atoms with Crippen LogP contribution in [0.4, 0.5) is 5.69 Å². The van der Waals surface area contributed by atoms with Gasteiger partial charge in [-0.05, 0) is 49.2 Å². The molecule has 0 spiro atoms. The summed E-state index contributed by atoms with van der Waals surface area (Å²) in [6, 6.07) is 16.0. The Morgan fingerprint density at radius 3 is 2.90 bits per heavy atom. The Labute approximate surface area is 174 Å². The number of fused-ring (bicyclic) bond motifs is 1. The minimum Gasteiger partial charge on any atom is -0.486 e. The standard InChI is InChI=1S/C22H23N3O3S/c23-9-13-29-21-6-2-1-4-17(21)24-22(26)15-25-10-3-5-18(25)16-7-8-19-20(14-16)28-12-11-27-19/h1-2,4,6-8,14,18H,3,5,10-13,15H2,(H,24,26)/t18-/m1/s1. The topological polar surface area (TPSA) is 74.6 Å². The van der Waals surface area contributed by atoms with E-state index in [0.717, 1.165) is 47.0 Å². The van der Waals surface area contributed by atoms with E-state index in [4.69, 9.17) is 14.7 Å². The van der Waals surface area contributed by atoms with Crippen molar-refractivity contribution in [1.29, 1.82) is 5.26 Å². The Bertz CT molecular complexity index is 928. The molecule has 0 aliphatic carbocycles. The van der Waals surface area contributed by atoms with Crippen molar-refractivity contribution in [3.8, 4) is 17.6 Å². The molecule has 150 valence electrons. The SMILES string of the molecule is N#CCSc1ccccc1NC(=O)CN1CCC[C@@H]1c1ccc2c(c1)OCCO2. The number of benzene rings is 2. The van der Waals surface area contributed by atoms with Crippen LogP contribution in [0.5, 0.6) is 11.5 Å². The van der Waals surface area contributed by atoms with Gasteiger partial charge in [0.15, 0.2) is 11.5 Å². The van der Waals surface area contributed by atoms with Crippen LogP contribution in [0.2, 0.25) is 0 Å². The van der Waals surface area contributed by atoms with Crippen molar-refractivity contribution in [3.63, 3.8) is 0 Å². The molecule has 0 bridgehead atoms. The maximum atomic E-state index is 12.7. The number of anilines is 1. The second-order valence-electron chi connectivity index (χ2n) is 7.02. The zero-order valence-corrected chi connectivity index (χ0v) is 16.9. The third kappa shape index (κ3) is 4.66. The normalized spacial score (nSPS) is 18.2. The predicted molar refractivity (Wildman–Crippen MR) is 112 cm³/mol. The Hall–Kier alpha value is -2.69.